The largest absolute Gasteiger partial charge is 0.282 e. The minimum absolute atomic E-state index is 0.137. The zero-order chi connectivity index (χ0) is 20.5. The Morgan fingerprint density at radius 1 is 0.862 bits per heavy atom. The number of carbonyl (C=O) groups is 1. The third-order valence-electron chi connectivity index (χ3n) is 4.30. The molecule has 0 spiro atoms. The molecule has 7 heteroatoms. The molecular weight excluding hydrogens is 417 g/mol. The summed E-state index contributed by atoms with van der Waals surface area (Å²) in [5.41, 5.74) is 1.68. The van der Waals surface area contributed by atoms with Crippen LogP contribution in [0.1, 0.15) is 11.1 Å². The number of anilines is 1. The van der Waals surface area contributed by atoms with Crippen molar-refractivity contribution in [2.75, 3.05) is 4.90 Å². The number of hydrogen-bond acceptors (Lipinski definition) is 2. The molecule has 0 aromatic heterocycles. The number of amides is 1. The second kappa shape index (κ2) is 7.78. The van der Waals surface area contributed by atoms with Crippen molar-refractivity contribution in [3.8, 4) is 0 Å². The summed E-state index contributed by atoms with van der Waals surface area (Å²) < 4.78 is 26.7. The number of amidine groups is 1. The van der Waals surface area contributed by atoms with E-state index in [1.54, 1.807) is 24.3 Å². The Bertz CT molecular complexity index is 1160. The van der Waals surface area contributed by atoms with Crippen molar-refractivity contribution >= 4 is 46.7 Å². The van der Waals surface area contributed by atoms with Crippen LogP contribution in [0.25, 0.3) is 6.08 Å². The van der Waals surface area contributed by atoms with E-state index in [4.69, 9.17) is 23.2 Å². The topological polar surface area (TPSA) is 32.7 Å². The second-order valence-electron chi connectivity index (χ2n) is 6.25. The molecule has 0 radical (unpaired) electrons. The van der Waals surface area contributed by atoms with Crippen LogP contribution in [0.3, 0.4) is 0 Å². The number of aliphatic imine (C=N–C) groups is 1. The fraction of sp³-hybridized carbons (Fsp3) is 0. The first-order chi connectivity index (χ1) is 13.9. The van der Waals surface area contributed by atoms with Crippen LogP contribution in [0.15, 0.2) is 77.4 Å². The van der Waals surface area contributed by atoms with Gasteiger partial charge in [0.05, 0.1) is 5.69 Å². The van der Waals surface area contributed by atoms with Gasteiger partial charge in [-0.15, -0.1) is 0 Å². The summed E-state index contributed by atoms with van der Waals surface area (Å²) in [5.74, 6) is -0.944. The Morgan fingerprint density at radius 2 is 1.48 bits per heavy atom. The van der Waals surface area contributed by atoms with Crippen LogP contribution in [-0.2, 0) is 4.79 Å². The summed E-state index contributed by atoms with van der Waals surface area (Å²) in [4.78, 5) is 18.9. The fourth-order valence-electron chi connectivity index (χ4n) is 2.90. The molecule has 1 amide bonds. The molecule has 4 rings (SSSR count). The summed E-state index contributed by atoms with van der Waals surface area (Å²) in [6.45, 7) is 0. The maximum absolute atomic E-state index is 13.4. The van der Waals surface area contributed by atoms with Gasteiger partial charge in [0.1, 0.15) is 23.2 Å². The lowest BCUT2D eigenvalue weighted by Gasteiger charge is -2.18. The van der Waals surface area contributed by atoms with E-state index in [2.05, 4.69) is 4.99 Å². The fourth-order valence-corrected chi connectivity index (χ4v) is 3.37. The smallest absolute Gasteiger partial charge is 0.266 e. The predicted octanol–water partition coefficient (Wildman–Crippen LogP) is 6.11. The van der Waals surface area contributed by atoms with Gasteiger partial charge in [-0.05, 0) is 72.3 Å². The van der Waals surface area contributed by atoms with Gasteiger partial charge < -0.3 is 0 Å². The molecule has 0 saturated heterocycles. The maximum Gasteiger partial charge on any atom is 0.282 e. The van der Waals surface area contributed by atoms with E-state index < -0.39 is 17.5 Å². The Hall–Kier alpha value is -3.02. The van der Waals surface area contributed by atoms with Gasteiger partial charge in [-0.1, -0.05) is 29.3 Å². The summed E-state index contributed by atoms with van der Waals surface area (Å²) in [5, 5.41) is 0.843. The summed E-state index contributed by atoms with van der Waals surface area (Å²) in [6.07, 6.45) is 1.55. The highest BCUT2D eigenvalue weighted by molar-refractivity contribution is 6.36. The van der Waals surface area contributed by atoms with Gasteiger partial charge in [0.2, 0.25) is 0 Å². The summed E-state index contributed by atoms with van der Waals surface area (Å²) >= 11 is 12.1. The number of rotatable bonds is 3. The Kier molecular flexibility index (Phi) is 5.18. The zero-order valence-corrected chi connectivity index (χ0v) is 16.3. The molecule has 1 aliphatic rings. The molecule has 1 heterocycles. The average molecular weight is 429 g/mol. The molecule has 3 aromatic rings. The Labute approximate surface area is 175 Å². The van der Waals surface area contributed by atoms with Crippen LogP contribution in [0.4, 0.5) is 14.5 Å². The number of benzene rings is 3. The van der Waals surface area contributed by atoms with E-state index in [1.807, 2.05) is 0 Å². The zero-order valence-electron chi connectivity index (χ0n) is 14.7. The monoisotopic (exact) mass is 428 g/mol. The molecule has 0 atom stereocenters. The van der Waals surface area contributed by atoms with Crippen molar-refractivity contribution in [1.82, 2.24) is 0 Å². The van der Waals surface area contributed by atoms with Gasteiger partial charge in [0, 0.05) is 15.6 Å². The van der Waals surface area contributed by atoms with Gasteiger partial charge in [-0.3, -0.25) is 9.69 Å². The van der Waals surface area contributed by atoms with E-state index >= 15 is 0 Å². The van der Waals surface area contributed by atoms with Crippen LogP contribution in [0.5, 0.6) is 0 Å². The van der Waals surface area contributed by atoms with Crippen LogP contribution in [-0.4, -0.2) is 11.7 Å². The van der Waals surface area contributed by atoms with E-state index in [0.29, 0.717) is 32.7 Å². The molecule has 29 heavy (non-hydrogen) atoms. The van der Waals surface area contributed by atoms with E-state index in [-0.39, 0.29) is 5.70 Å². The third-order valence-corrected chi connectivity index (χ3v) is 4.86. The van der Waals surface area contributed by atoms with Gasteiger partial charge in [0.25, 0.3) is 5.91 Å². The third kappa shape index (κ3) is 3.92. The molecule has 3 nitrogen and oxygen atoms in total. The highest BCUT2D eigenvalue weighted by atomic mass is 35.5. The van der Waals surface area contributed by atoms with Gasteiger partial charge in [0.15, 0.2) is 0 Å². The maximum atomic E-state index is 13.4. The van der Waals surface area contributed by atoms with Crippen molar-refractivity contribution in [3.63, 3.8) is 0 Å². The molecular formula is C22H12Cl2F2N2O. The number of hydrogen-bond donors (Lipinski definition) is 0. The minimum atomic E-state index is -0.427. The number of nitrogens with zero attached hydrogens (tertiary/aromatic N) is 2. The van der Waals surface area contributed by atoms with Gasteiger partial charge >= 0.3 is 0 Å². The van der Waals surface area contributed by atoms with Crippen LogP contribution in [0.2, 0.25) is 10.0 Å². The minimum Gasteiger partial charge on any atom is -0.266 e. The standard InChI is InChI=1S/C22H12Cl2F2N2O/c23-15-4-1-14(19(24)12-15)11-20-22(29)28(18-9-7-17(26)8-10-18)21(27-20)13-2-5-16(25)6-3-13/h1-12H/b20-11+. The molecule has 0 unspecified atom stereocenters. The molecule has 0 saturated carbocycles. The van der Waals surface area contributed by atoms with Crippen molar-refractivity contribution in [2.45, 2.75) is 0 Å². The lowest BCUT2D eigenvalue weighted by Crippen LogP contribution is -2.32. The van der Waals surface area contributed by atoms with Crippen molar-refractivity contribution in [2.24, 2.45) is 4.99 Å². The van der Waals surface area contributed by atoms with Crippen molar-refractivity contribution < 1.29 is 13.6 Å². The number of carbonyl (C=O) groups excluding carboxylic acids is 1. The molecule has 1 aliphatic heterocycles. The normalized spacial score (nSPS) is 15.2. The quantitative estimate of drug-likeness (QED) is 0.463. The SMILES string of the molecule is O=C1/C(=C\c2ccc(Cl)cc2Cl)N=C(c2ccc(F)cc2)N1c1ccc(F)cc1. The Morgan fingerprint density at radius 3 is 2.10 bits per heavy atom. The average Bonchev–Trinajstić information content (AvgIpc) is 3.01. The molecule has 0 N–H and O–H groups in total. The second-order valence-corrected chi connectivity index (χ2v) is 7.10. The summed E-state index contributed by atoms with van der Waals surface area (Å²) in [6, 6.07) is 16.0. The highest BCUT2D eigenvalue weighted by Gasteiger charge is 2.32. The van der Waals surface area contributed by atoms with E-state index in [0.717, 1.165) is 0 Å². The first-order valence-electron chi connectivity index (χ1n) is 8.54. The van der Waals surface area contributed by atoms with Crippen LogP contribution in [0, 0.1) is 11.6 Å². The molecule has 0 fully saturated rings. The van der Waals surface area contributed by atoms with Crippen molar-refractivity contribution in [1.29, 1.82) is 0 Å². The first-order valence-corrected chi connectivity index (χ1v) is 9.29. The first kappa shape index (κ1) is 19.3. The van der Waals surface area contributed by atoms with Gasteiger partial charge in [-0.25, -0.2) is 13.8 Å². The molecule has 0 aliphatic carbocycles. The van der Waals surface area contributed by atoms with Crippen LogP contribution >= 0.6 is 23.2 Å². The van der Waals surface area contributed by atoms with E-state index in [9.17, 15) is 13.6 Å². The van der Waals surface area contributed by atoms with Gasteiger partial charge in [-0.2, -0.15) is 0 Å². The predicted molar refractivity (Wildman–Crippen MR) is 111 cm³/mol. The summed E-state index contributed by atoms with van der Waals surface area (Å²) in [7, 11) is 0. The van der Waals surface area contributed by atoms with Crippen molar-refractivity contribution in [3.05, 3.63) is 105 Å². The van der Waals surface area contributed by atoms with E-state index in [1.165, 1.54) is 53.4 Å². The Balaban J connectivity index is 1.83. The lowest BCUT2D eigenvalue weighted by atomic mass is 10.1. The molecule has 144 valence electrons. The van der Waals surface area contributed by atoms with Crippen LogP contribution < -0.4 is 4.90 Å². The number of halogens is 4. The molecule has 0 bridgehead atoms. The highest BCUT2D eigenvalue weighted by Crippen LogP contribution is 2.30. The molecule has 3 aromatic carbocycles. The lowest BCUT2D eigenvalue weighted by molar-refractivity contribution is -0.113.